The Morgan fingerprint density at radius 1 is 1.18 bits per heavy atom. The van der Waals surface area contributed by atoms with Crippen molar-refractivity contribution < 1.29 is 18.0 Å². The highest BCUT2D eigenvalue weighted by molar-refractivity contribution is 8.04. The van der Waals surface area contributed by atoms with Gasteiger partial charge in [0.05, 0.1) is 6.04 Å². The second-order valence-corrected chi connectivity index (χ2v) is 9.38. The molecule has 0 aliphatic carbocycles. The molecule has 1 aromatic carbocycles. The highest BCUT2D eigenvalue weighted by atomic mass is 35.5. The highest BCUT2D eigenvalue weighted by Crippen LogP contribution is 2.44. The Morgan fingerprint density at radius 2 is 1.85 bits per heavy atom. The van der Waals surface area contributed by atoms with Crippen molar-refractivity contribution in [3.63, 3.8) is 0 Å². The van der Waals surface area contributed by atoms with Crippen LogP contribution in [0.4, 0.5) is 13.2 Å². The lowest BCUT2D eigenvalue weighted by atomic mass is 10.0. The van der Waals surface area contributed by atoms with Crippen LogP contribution in [-0.2, 0) is 4.79 Å². The number of benzene rings is 1. The van der Waals surface area contributed by atoms with Gasteiger partial charge in [0.2, 0.25) is 0 Å². The van der Waals surface area contributed by atoms with Gasteiger partial charge in [0.25, 0.3) is 5.91 Å². The molecule has 2 N–H and O–H groups in total. The average Bonchev–Trinajstić information content (AvgIpc) is 3.28. The maximum absolute atomic E-state index is 13.7. The van der Waals surface area contributed by atoms with Gasteiger partial charge in [-0.1, -0.05) is 41.9 Å². The Balaban J connectivity index is 1.52. The number of halogens is 4. The van der Waals surface area contributed by atoms with Crippen molar-refractivity contribution in [1.29, 1.82) is 0 Å². The van der Waals surface area contributed by atoms with Gasteiger partial charge in [0.15, 0.2) is 5.82 Å². The third-order valence-corrected chi connectivity index (χ3v) is 7.03. The fourth-order valence-corrected chi connectivity index (χ4v) is 5.22. The molecular weight excluding hydrogens is 475 g/mol. The monoisotopic (exact) mass is 497 g/mol. The van der Waals surface area contributed by atoms with Gasteiger partial charge in [-0.05, 0) is 49.7 Å². The van der Waals surface area contributed by atoms with Crippen LogP contribution in [0.25, 0.3) is 0 Å². The molecule has 0 radical (unpaired) electrons. The van der Waals surface area contributed by atoms with E-state index in [1.165, 1.54) is 12.4 Å². The highest BCUT2D eigenvalue weighted by Gasteiger charge is 2.45. The van der Waals surface area contributed by atoms with Crippen LogP contribution in [0.1, 0.15) is 42.1 Å². The van der Waals surface area contributed by atoms with Gasteiger partial charge in [-0.3, -0.25) is 9.69 Å². The third kappa shape index (κ3) is 5.80. The number of aromatic nitrogens is 2. The van der Waals surface area contributed by atoms with E-state index < -0.39 is 28.1 Å². The van der Waals surface area contributed by atoms with Crippen LogP contribution in [-0.4, -0.2) is 46.6 Å². The average molecular weight is 498 g/mol. The Kier molecular flexibility index (Phi) is 7.45. The maximum Gasteiger partial charge on any atom is 0.432 e. The number of thioether (sulfide) groups is 1. The first-order valence-corrected chi connectivity index (χ1v) is 11.9. The number of allylic oxidation sites excluding steroid dienone is 1. The van der Waals surface area contributed by atoms with Crippen molar-refractivity contribution in [2.75, 3.05) is 19.6 Å². The third-order valence-electron chi connectivity index (χ3n) is 5.59. The van der Waals surface area contributed by atoms with Gasteiger partial charge >= 0.3 is 6.18 Å². The first-order valence-electron chi connectivity index (χ1n) is 10.6. The minimum Gasteiger partial charge on any atom is -0.362 e. The standard InChI is InChI=1S/C22H23ClF3N5OS/c23-15-7-5-14(6-8-15)16(31-11-2-1-3-12-31)13-29-20(32)17-18(22(24,25)26)30-21(33-17)19-27-9-4-10-28-19/h4-10,16,21,30H,1-3,11-13H2,(H,29,32). The molecule has 1 fully saturated rings. The minimum absolute atomic E-state index is 0.158. The molecule has 4 rings (SSSR count). The van der Waals surface area contributed by atoms with E-state index in [2.05, 4.69) is 25.5 Å². The number of nitrogens with one attached hydrogen (secondary N) is 2. The molecule has 0 saturated carbocycles. The summed E-state index contributed by atoms with van der Waals surface area (Å²) in [7, 11) is 0. The first kappa shape index (κ1) is 23.8. The van der Waals surface area contributed by atoms with E-state index in [0.717, 1.165) is 49.7 Å². The quantitative estimate of drug-likeness (QED) is 0.608. The van der Waals surface area contributed by atoms with Crippen LogP contribution in [0.2, 0.25) is 5.02 Å². The van der Waals surface area contributed by atoms with Crippen molar-refractivity contribution >= 4 is 29.3 Å². The zero-order valence-electron chi connectivity index (χ0n) is 17.6. The van der Waals surface area contributed by atoms with Crippen LogP contribution in [0.15, 0.2) is 53.3 Å². The maximum atomic E-state index is 13.7. The summed E-state index contributed by atoms with van der Waals surface area (Å²) in [5.74, 6) is -0.589. The Labute approximate surface area is 199 Å². The lowest BCUT2D eigenvalue weighted by Gasteiger charge is -2.35. The number of hydrogen-bond acceptors (Lipinski definition) is 6. The molecule has 0 bridgehead atoms. The van der Waals surface area contributed by atoms with Crippen LogP contribution < -0.4 is 10.6 Å². The predicted octanol–water partition coefficient (Wildman–Crippen LogP) is 4.58. The molecule has 33 heavy (non-hydrogen) atoms. The number of carbonyl (C=O) groups excluding carboxylic acids is 1. The number of nitrogens with zero attached hydrogens (tertiary/aromatic N) is 3. The van der Waals surface area contributed by atoms with Crippen molar-refractivity contribution in [3.8, 4) is 0 Å². The van der Waals surface area contributed by atoms with Crippen LogP contribution in [0.3, 0.4) is 0 Å². The number of rotatable bonds is 6. The number of alkyl halides is 3. The second kappa shape index (κ2) is 10.3. The summed E-state index contributed by atoms with van der Waals surface area (Å²) in [5, 5.41) is 4.82. The number of amides is 1. The largest absolute Gasteiger partial charge is 0.432 e. The van der Waals surface area contributed by atoms with E-state index in [-0.39, 0.29) is 18.4 Å². The predicted molar refractivity (Wildman–Crippen MR) is 121 cm³/mol. The van der Waals surface area contributed by atoms with Gasteiger partial charge < -0.3 is 10.6 Å². The zero-order chi connectivity index (χ0) is 23.4. The van der Waals surface area contributed by atoms with E-state index in [1.807, 2.05) is 12.1 Å². The van der Waals surface area contributed by atoms with Crippen molar-refractivity contribution in [3.05, 3.63) is 69.7 Å². The van der Waals surface area contributed by atoms with Crippen LogP contribution >= 0.6 is 23.4 Å². The topological polar surface area (TPSA) is 70.2 Å². The number of hydrogen-bond donors (Lipinski definition) is 2. The lowest BCUT2D eigenvalue weighted by Crippen LogP contribution is -2.41. The lowest BCUT2D eigenvalue weighted by molar-refractivity contribution is -0.119. The second-order valence-electron chi connectivity index (χ2n) is 7.83. The smallest absolute Gasteiger partial charge is 0.362 e. The van der Waals surface area contributed by atoms with Crippen LogP contribution in [0.5, 0.6) is 0 Å². The number of carbonyl (C=O) groups is 1. The Hall–Kier alpha value is -2.30. The van der Waals surface area contributed by atoms with E-state index in [1.54, 1.807) is 18.2 Å². The molecule has 1 saturated heterocycles. The molecule has 1 amide bonds. The molecular formula is C22H23ClF3N5OS. The van der Waals surface area contributed by atoms with Gasteiger partial charge in [0, 0.05) is 24.0 Å². The summed E-state index contributed by atoms with van der Waals surface area (Å²) in [5.41, 5.74) is -0.108. The van der Waals surface area contributed by atoms with Gasteiger partial charge in [-0.15, -0.1) is 0 Å². The molecule has 3 heterocycles. The normalized spacial score (nSPS) is 20.4. The van der Waals surface area contributed by atoms with Gasteiger partial charge in [-0.2, -0.15) is 13.2 Å². The van der Waals surface area contributed by atoms with E-state index in [9.17, 15) is 18.0 Å². The molecule has 2 aliphatic rings. The summed E-state index contributed by atoms with van der Waals surface area (Å²) < 4.78 is 41.0. The summed E-state index contributed by atoms with van der Waals surface area (Å²) in [6.07, 6.45) is 1.42. The molecule has 11 heteroatoms. The Bertz CT molecular complexity index is 997. The van der Waals surface area contributed by atoms with Crippen LogP contribution in [0, 0.1) is 0 Å². The zero-order valence-corrected chi connectivity index (χ0v) is 19.2. The first-order chi connectivity index (χ1) is 15.8. The molecule has 2 aliphatic heterocycles. The molecule has 2 unspecified atom stereocenters. The minimum atomic E-state index is -4.70. The van der Waals surface area contributed by atoms with E-state index >= 15 is 0 Å². The van der Waals surface area contributed by atoms with E-state index in [4.69, 9.17) is 11.6 Å². The molecule has 1 aromatic heterocycles. The van der Waals surface area contributed by atoms with Gasteiger partial charge in [-0.25, -0.2) is 9.97 Å². The molecule has 6 nitrogen and oxygen atoms in total. The fraction of sp³-hybridized carbons (Fsp3) is 0.409. The molecule has 0 spiro atoms. The van der Waals surface area contributed by atoms with Crippen molar-refractivity contribution in [2.24, 2.45) is 0 Å². The summed E-state index contributed by atoms with van der Waals surface area (Å²) >= 11 is 6.80. The van der Waals surface area contributed by atoms with E-state index in [0.29, 0.717) is 5.02 Å². The van der Waals surface area contributed by atoms with Crippen molar-refractivity contribution in [2.45, 2.75) is 36.9 Å². The SMILES string of the molecule is O=C(NCC(c1ccc(Cl)cc1)N1CCCCC1)C1=C(C(F)(F)F)NC(c2ncccn2)S1. The summed E-state index contributed by atoms with van der Waals surface area (Å²) in [6, 6.07) is 8.76. The number of likely N-dealkylation sites (tertiary alicyclic amines) is 1. The summed E-state index contributed by atoms with van der Waals surface area (Å²) in [6.45, 7) is 1.91. The fourth-order valence-electron chi connectivity index (χ4n) is 3.99. The van der Waals surface area contributed by atoms with Gasteiger partial charge in [0.1, 0.15) is 16.0 Å². The van der Waals surface area contributed by atoms with Crippen molar-refractivity contribution in [1.82, 2.24) is 25.5 Å². The molecule has 2 aromatic rings. The summed E-state index contributed by atoms with van der Waals surface area (Å²) in [4.78, 5) is 22.8. The molecule has 176 valence electrons. The Morgan fingerprint density at radius 3 is 2.48 bits per heavy atom. The molecule has 2 atom stereocenters. The number of piperidine rings is 1.